The Morgan fingerprint density at radius 1 is 1.03 bits per heavy atom. The maximum Gasteiger partial charge on any atom is 0.342 e. The normalized spacial score (nSPS) is 21.2. The van der Waals surface area contributed by atoms with Crippen molar-refractivity contribution in [3.63, 3.8) is 0 Å². The third-order valence-electron chi connectivity index (χ3n) is 5.61. The minimum atomic E-state index is -2.42. The SMILES string of the molecule is COC1=CC2(OC(=O)c3c(NC4=CC(=O)C(=N)C(C(=O)O)=C4O)ccc(O)c32)C(O)=C(C(=O)O)C1=N. The highest BCUT2D eigenvalue weighted by molar-refractivity contribution is 6.54. The van der Waals surface area contributed by atoms with Gasteiger partial charge in [0, 0.05) is 12.2 Å². The van der Waals surface area contributed by atoms with Crippen molar-refractivity contribution in [2.75, 3.05) is 12.4 Å². The van der Waals surface area contributed by atoms with E-state index in [1.54, 1.807) is 0 Å². The van der Waals surface area contributed by atoms with Gasteiger partial charge in [0.2, 0.25) is 11.4 Å². The average molecular weight is 497 g/mol. The van der Waals surface area contributed by atoms with Gasteiger partial charge in [-0.1, -0.05) is 0 Å². The van der Waals surface area contributed by atoms with Crippen LogP contribution in [-0.4, -0.2) is 67.8 Å². The number of ketones is 1. The maximum atomic E-state index is 13.0. The lowest BCUT2D eigenvalue weighted by Gasteiger charge is -2.31. The molecule has 0 aromatic heterocycles. The number of methoxy groups -OCH3 is 1. The van der Waals surface area contributed by atoms with Crippen molar-refractivity contribution in [3.8, 4) is 5.75 Å². The fraction of sp³-hybridized carbons (Fsp3) is 0.0909. The summed E-state index contributed by atoms with van der Waals surface area (Å²) in [5.74, 6) is -8.89. The van der Waals surface area contributed by atoms with E-state index in [1.165, 1.54) is 0 Å². The zero-order valence-corrected chi connectivity index (χ0v) is 18.0. The summed E-state index contributed by atoms with van der Waals surface area (Å²) in [6, 6.07) is 2.13. The molecule has 0 radical (unpaired) electrons. The van der Waals surface area contributed by atoms with Crippen LogP contribution in [0.1, 0.15) is 15.9 Å². The number of carboxylic acids is 2. The van der Waals surface area contributed by atoms with E-state index in [4.69, 9.17) is 20.3 Å². The molecule has 3 aliphatic rings. The van der Waals surface area contributed by atoms with Gasteiger partial charge in [-0.05, 0) is 12.1 Å². The highest BCUT2D eigenvalue weighted by atomic mass is 16.6. The van der Waals surface area contributed by atoms with E-state index in [9.17, 15) is 44.7 Å². The summed E-state index contributed by atoms with van der Waals surface area (Å²) in [4.78, 5) is 48.2. The van der Waals surface area contributed by atoms with E-state index in [-0.39, 0.29) is 5.69 Å². The van der Waals surface area contributed by atoms with Gasteiger partial charge in [-0.2, -0.15) is 0 Å². The van der Waals surface area contributed by atoms with Crippen molar-refractivity contribution in [3.05, 3.63) is 69.5 Å². The first-order valence-corrected chi connectivity index (χ1v) is 9.77. The summed E-state index contributed by atoms with van der Waals surface area (Å²) >= 11 is 0. The Bertz CT molecular complexity index is 1480. The standard InChI is InChI=1S/C22H15N3O11/c1-35-10-5-22(18(29)13(16(10)24)20(32)33)14-8(26)3-2-6(11(14)21(34)36-22)25-7-4-9(27)15(23)12(17(7)28)19(30)31/h2-5,23-26,28-29H,1H3,(H,30,31)(H,32,33). The quantitative estimate of drug-likeness (QED) is 0.161. The van der Waals surface area contributed by atoms with E-state index < -0.39 is 91.7 Å². The van der Waals surface area contributed by atoms with Gasteiger partial charge in [0.15, 0.2) is 11.5 Å². The summed E-state index contributed by atoms with van der Waals surface area (Å²) in [7, 11) is 1.10. The average Bonchev–Trinajstić information content (AvgIpc) is 3.10. The van der Waals surface area contributed by atoms with Crippen LogP contribution in [0, 0.1) is 10.8 Å². The number of aromatic hydroxyl groups is 1. The number of carboxylic acid groups (broad SMARTS) is 2. The van der Waals surface area contributed by atoms with Crippen LogP contribution < -0.4 is 5.32 Å². The van der Waals surface area contributed by atoms with Crippen LogP contribution in [0.3, 0.4) is 0 Å². The van der Waals surface area contributed by atoms with Gasteiger partial charge in [0.1, 0.15) is 34.1 Å². The molecule has 1 unspecified atom stereocenters. The summed E-state index contributed by atoms with van der Waals surface area (Å²) in [5, 5.41) is 68.6. The van der Waals surface area contributed by atoms with Gasteiger partial charge in [-0.25, -0.2) is 14.4 Å². The molecule has 8 N–H and O–H groups in total. The topological polar surface area (TPSA) is 248 Å². The van der Waals surface area contributed by atoms with E-state index in [1.807, 2.05) is 0 Å². The molecule has 0 fully saturated rings. The third kappa shape index (κ3) is 3.12. The number of ether oxygens (including phenoxy) is 2. The number of carbonyl (C=O) groups is 4. The Morgan fingerprint density at radius 2 is 1.67 bits per heavy atom. The summed E-state index contributed by atoms with van der Waals surface area (Å²) in [6.45, 7) is 0. The molecule has 0 bridgehead atoms. The number of phenols is 1. The zero-order valence-electron chi connectivity index (χ0n) is 18.0. The number of benzene rings is 1. The Labute approximate surface area is 199 Å². The molecule has 0 saturated heterocycles. The predicted octanol–water partition coefficient (Wildman–Crippen LogP) is 1.01. The van der Waals surface area contributed by atoms with Crippen molar-refractivity contribution in [2.45, 2.75) is 5.60 Å². The minimum Gasteiger partial charge on any atom is -0.507 e. The Morgan fingerprint density at radius 3 is 2.25 bits per heavy atom. The molecule has 0 amide bonds. The van der Waals surface area contributed by atoms with Crippen molar-refractivity contribution in [2.24, 2.45) is 0 Å². The van der Waals surface area contributed by atoms with Gasteiger partial charge < -0.3 is 40.3 Å². The highest BCUT2D eigenvalue weighted by Gasteiger charge is 2.56. The number of hydrogen-bond donors (Lipinski definition) is 8. The summed E-state index contributed by atoms with van der Waals surface area (Å²) in [6.07, 6.45) is 1.64. The molecule has 184 valence electrons. The van der Waals surface area contributed by atoms with E-state index >= 15 is 0 Å². The Kier molecular flexibility index (Phi) is 5.17. The van der Waals surface area contributed by atoms with Gasteiger partial charge in [0.05, 0.1) is 29.6 Å². The van der Waals surface area contributed by atoms with Crippen LogP contribution in [0.4, 0.5) is 5.69 Å². The first-order valence-electron chi connectivity index (χ1n) is 9.77. The molecule has 1 aromatic carbocycles. The molecule has 2 aliphatic carbocycles. The number of phenolic OH excluding ortho intramolecular Hbond substituents is 1. The maximum absolute atomic E-state index is 13.0. The predicted molar refractivity (Wildman–Crippen MR) is 117 cm³/mol. The number of aliphatic carboxylic acids is 2. The Balaban J connectivity index is 1.94. The number of nitrogens with one attached hydrogen (secondary N) is 3. The van der Waals surface area contributed by atoms with Crippen LogP contribution in [-0.2, 0) is 29.5 Å². The van der Waals surface area contributed by atoms with Crippen LogP contribution in [0.15, 0.2) is 58.4 Å². The lowest BCUT2D eigenvalue weighted by molar-refractivity contribution is -0.133. The molecule has 1 aromatic rings. The van der Waals surface area contributed by atoms with Gasteiger partial charge >= 0.3 is 17.9 Å². The molecular weight excluding hydrogens is 482 g/mol. The Hall–Kier alpha value is -5.40. The number of carbonyl (C=O) groups excluding carboxylic acids is 2. The van der Waals surface area contributed by atoms with E-state index in [0.29, 0.717) is 6.08 Å². The molecule has 36 heavy (non-hydrogen) atoms. The lowest BCUT2D eigenvalue weighted by atomic mass is 9.81. The number of esters is 1. The number of rotatable bonds is 5. The first-order chi connectivity index (χ1) is 16.8. The molecule has 1 spiro atoms. The van der Waals surface area contributed by atoms with Crippen LogP contribution >= 0.6 is 0 Å². The second-order valence-electron chi connectivity index (χ2n) is 7.57. The molecular formula is C22H15N3O11. The van der Waals surface area contributed by atoms with Crippen molar-refractivity contribution < 1.29 is 54.2 Å². The molecule has 14 heteroatoms. The molecule has 0 saturated carbocycles. The second-order valence-corrected chi connectivity index (χ2v) is 7.57. The van der Waals surface area contributed by atoms with Gasteiger partial charge in [-0.15, -0.1) is 0 Å². The number of allylic oxidation sites excluding steroid dienone is 2. The van der Waals surface area contributed by atoms with Crippen molar-refractivity contribution >= 4 is 40.8 Å². The number of fused-ring (bicyclic) bond motifs is 2. The van der Waals surface area contributed by atoms with Crippen molar-refractivity contribution in [1.29, 1.82) is 10.8 Å². The monoisotopic (exact) mass is 497 g/mol. The first kappa shape index (κ1) is 23.7. The van der Waals surface area contributed by atoms with E-state index in [2.05, 4.69) is 5.32 Å². The number of hydrogen-bond acceptors (Lipinski definition) is 12. The minimum absolute atomic E-state index is 0.244. The summed E-state index contributed by atoms with van der Waals surface area (Å²) < 4.78 is 10.3. The fourth-order valence-corrected chi connectivity index (χ4v) is 4.02. The largest absolute Gasteiger partial charge is 0.507 e. The molecule has 1 atom stereocenters. The second kappa shape index (κ2) is 7.83. The third-order valence-corrected chi connectivity index (χ3v) is 5.61. The fourth-order valence-electron chi connectivity index (χ4n) is 4.02. The number of anilines is 1. The van der Waals surface area contributed by atoms with Crippen LogP contribution in [0.2, 0.25) is 0 Å². The van der Waals surface area contributed by atoms with Gasteiger partial charge in [0.25, 0.3) is 0 Å². The smallest absolute Gasteiger partial charge is 0.342 e. The highest BCUT2D eigenvalue weighted by Crippen LogP contribution is 2.52. The molecule has 1 heterocycles. The zero-order chi connectivity index (χ0) is 26.7. The van der Waals surface area contributed by atoms with Crippen LogP contribution in [0.5, 0.6) is 5.75 Å². The number of aliphatic hydroxyl groups is 2. The molecule has 14 nitrogen and oxygen atoms in total. The summed E-state index contributed by atoms with van der Waals surface area (Å²) in [5.41, 5.74) is -7.73. The molecule has 1 aliphatic heterocycles. The number of aliphatic hydroxyl groups excluding tert-OH is 2. The van der Waals surface area contributed by atoms with Gasteiger partial charge in [-0.3, -0.25) is 15.6 Å². The lowest BCUT2D eigenvalue weighted by Crippen LogP contribution is -2.36. The van der Waals surface area contributed by atoms with Crippen molar-refractivity contribution in [1.82, 2.24) is 0 Å². The van der Waals surface area contributed by atoms with E-state index in [0.717, 1.165) is 25.3 Å². The van der Waals surface area contributed by atoms with Crippen LogP contribution in [0.25, 0.3) is 0 Å². The molecule has 4 rings (SSSR count).